The lowest BCUT2D eigenvalue weighted by Gasteiger charge is -2.44. The molecule has 0 aromatic carbocycles. The van der Waals surface area contributed by atoms with Crippen LogP contribution in [0.4, 0.5) is 0 Å². The second kappa shape index (κ2) is 6.34. The number of hydrogen-bond donors (Lipinski definition) is 2. The summed E-state index contributed by atoms with van der Waals surface area (Å²) in [5.41, 5.74) is -1.05. The quantitative estimate of drug-likeness (QED) is 0.831. The van der Waals surface area contributed by atoms with Gasteiger partial charge in [-0.15, -0.1) is 0 Å². The van der Waals surface area contributed by atoms with Gasteiger partial charge in [0.2, 0.25) is 5.91 Å². The van der Waals surface area contributed by atoms with Gasteiger partial charge in [0.25, 0.3) is 0 Å². The number of likely N-dealkylation sites (tertiary alicyclic amines) is 1. The molecule has 2 N–H and O–H groups in total. The van der Waals surface area contributed by atoms with E-state index in [4.69, 9.17) is 0 Å². The van der Waals surface area contributed by atoms with Crippen molar-refractivity contribution < 1.29 is 14.7 Å². The Balaban J connectivity index is 2.15. The number of amides is 1. The molecule has 0 saturated carbocycles. The van der Waals surface area contributed by atoms with E-state index >= 15 is 0 Å². The summed E-state index contributed by atoms with van der Waals surface area (Å²) in [5, 5.41) is 12.8. The van der Waals surface area contributed by atoms with Gasteiger partial charge < -0.3 is 15.3 Å². The number of piperidine rings is 2. The first-order chi connectivity index (χ1) is 9.93. The van der Waals surface area contributed by atoms with Gasteiger partial charge in [0.15, 0.2) is 0 Å². The van der Waals surface area contributed by atoms with Crippen LogP contribution in [-0.2, 0) is 9.59 Å². The number of rotatable bonds is 4. The van der Waals surface area contributed by atoms with Crippen LogP contribution in [0.5, 0.6) is 0 Å². The standard InChI is InChI=1S/C16H28N2O3/c1-3-5-16(7-9-17-10-8-16)13(19)18-11-4-6-15(2,12-18)14(20)21/h17H,3-12H2,1-2H3,(H,20,21). The molecule has 21 heavy (non-hydrogen) atoms. The first kappa shape index (κ1) is 16.3. The fourth-order valence-electron chi connectivity index (χ4n) is 3.88. The van der Waals surface area contributed by atoms with Gasteiger partial charge in [-0.25, -0.2) is 0 Å². The van der Waals surface area contributed by atoms with Crippen LogP contribution in [0.2, 0.25) is 0 Å². The minimum Gasteiger partial charge on any atom is -0.481 e. The Morgan fingerprint density at radius 1 is 1.24 bits per heavy atom. The molecule has 2 fully saturated rings. The van der Waals surface area contributed by atoms with Gasteiger partial charge in [-0.3, -0.25) is 9.59 Å². The highest BCUT2D eigenvalue weighted by atomic mass is 16.4. The summed E-state index contributed by atoms with van der Waals surface area (Å²) in [4.78, 5) is 26.4. The third-order valence-electron chi connectivity index (χ3n) is 5.24. The first-order valence-corrected chi connectivity index (χ1v) is 8.17. The van der Waals surface area contributed by atoms with Crippen molar-refractivity contribution in [2.45, 2.75) is 52.4 Å². The van der Waals surface area contributed by atoms with Crippen LogP contribution in [-0.4, -0.2) is 48.1 Å². The monoisotopic (exact) mass is 296 g/mol. The molecule has 0 aliphatic carbocycles. The van der Waals surface area contributed by atoms with Crippen molar-refractivity contribution in [3.8, 4) is 0 Å². The zero-order valence-corrected chi connectivity index (χ0v) is 13.3. The Morgan fingerprint density at radius 3 is 2.48 bits per heavy atom. The van der Waals surface area contributed by atoms with Crippen LogP contribution in [0.1, 0.15) is 52.4 Å². The van der Waals surface area contributed by atoms with Crippen LogP contribution in [0, 0.1) is 10.8 Å². The molecule has 0 aromatic heterocycles. The number of carbonyl (C=O) groups excluding carboxylic acids is 1. The van der Waals surface area contributed by atoms with E-state index in [9.17, 15) is 14.7 Å². The number of hydrogen-bond acceptors (Lipinski definition) is 3. The van der Waals surface area contributed by atoms with Gasteiger partial charge in [0, 0.05) is 13.1 Å². The molecule has 2 saturated heterocycles. The second-order valence-corrected chi connectivity index (χ2v) is 6.98. The lowest BCUT2D eigenvalue weighted by molar-refractivity contribution is -0.157. The maximum absolute atomic E-state index is 13.1. The average Bonchev–Trinajstić information content (AvgIpc) is 2.47. The summed E-state index contributed by atoms with van der Waals surface area (Å²) < 4.78 is 0. The molecule has 5 heteroatoms. The largest absolute Gasteiger partial charge is 0.481 e. The Labute approximate surface area is 127 Å². The molecule has 2 aliphatic heterocycles. The molecular weight excluding hydrogens is 268 g/mol. The van der Waals surface area contributed by atoms with Crippen molar-refractivity contribution in [1.82, 2.24) is 10.2 Å². The highest BCUT2D eigenvalue weighted by molar-refractivity contribution is 5.84. The third kappa shape index (κ3) is 3.23. The SMILES string of the molecule is CCCC1(C(=O)N2CCCC(C)(C(=O)O)C2)CCNCC1. The number of carbonyl (C=O) groups is 2. The topological polar surface area (TPSA) is 69.6 Å². The predicted molar refractivity (Wildman–Crippen MR) is 81.0 cm³/mol. The summed E-state index contributed by atoms with van der Waals surface area (Å²) in [6.07, 6.45) is 5.10. The van der Waals surface area contributed by atoms with Gasteiger partial charge in [0.1, 0.15) is 0 Å². The van der Waals surface area contributed by atoms with Crippen LogP contribution < -0.4 is 5.32 Å². The zero-order valence-electron chi connectivity index (χ0n) is 13.3. The minimum absolute atomic E-state index is 0.193. The summed E-state index contributed by atoms with van der Waals surface area (Å²) >= 11 is 0. The lowest BCUT2D eigenvalue weighted by Crippen LogP contribution is -2.55. The Morgan fingerprint density at radius 2 is 1.90 bits per heavy atom. The normalized spacial score (nSPS) is 29.1. The number of carboxylic acid groups (broad SMARTS) is 1. The van der Waals surface area contributed by atoms with Gasteiger partial charge in [-0.2, -0.15) is 0 Å². The van der Waals surface area contributed by atoms with E-state index in [-0.39, 0.29) is 11.3 Å². The Kier molecular flexibility index (Phi) is 4.91. The van der Waals surface area contributed by atoms with E-state index in [0.717, 1.165) is 45.2 Å². The maximum atomic E-state index is 13.1. The minimum atomic E-state index is -0.784. The van der Waals surface area contributed by atoms with Crippen LogP contribution in [0.3, 0.4) is 0 Å². The summed E-state index contributed by atoms with van der Waals surface area (Å²) in [6, 6.07) is 0. The lowest BCUT2D eigenvalue weighted by atomic mass is 9.73. The molecule has 1 amide bonds. The Bertz CT molecular complexity index is 399. The molecule has 2 aliphatic rings. The summed E-state index contributed by atoms with van der Waals surface area (Å²) in [6.45, 7) is 6.73. The molecule has 2 rings (SSSR count). The number of nitrogens with zero attached hydrogens (tertiary/aromatic N) is 1. The van der Waals surface area contributed by atoms with Gasteiger partial charge in [-0.1, -0.05) is 13.3 Å². The molecule has 0 spiro atoms. The van der Waals surface area contributed by atoms with E-state index in [0.29, 0.717) is 19.5 Å². The van der Waals surface area contributed by atoms with Crippen molar-refractivity contribution in [2.75, 3.05) is 26.2 Å². The molecular formula is C16H28N2O3. The van der Waals surface area contributed by atoms with E-state index in [1.165, 1.54) is 0 Å². The average molecular weight is 296 g/mol. The molecule has 0 bridgehead atoms. The molecule has 0 aromatic rings. The molecule has 2 heterocycles. The predicted octanol–water partition coefficient (Wildman–Crippen LogP) is 1.87. The maximum Gasteiger partial charge on any atom is 0.311 e. The Hall–Kier alpha value is -1.10. The van der Waals surface area contributed by atoms with Crippen molar-refractivity contribution >= 4 is 11.9 Å². The second-order valence-electron chi connectivity index (χ2n) is 6.98. The number of aliphatic carboxylic acids is 1. The van der Waals surface area contributed by atoms with E-state index in [2.05, 4.69) is 12.2 Å². The number of nitrogens with one attached hydrogen (secondary N) is 1. The highest BCUT2D eigenvalue weighted by Gasteiger charge is 2.45. The molecule has 1 atom stereocenters. The molecule has 120 valence electrons. The molecule has 0 radical (unpaired) electrons. The van der Waals surface area contributed by atoms with Crippen molar-refractivity contribution in [2.24, 2.45) is 10.8 Å². The highest BCUT2D eigenvalue weighted by Crippen LogP contribution is 2.39. The van der Waals surface area contributed by atoms with E-state index in [1.807, 2.05) is 4.90 Å². The number of carboxylic acids is 1. The molecule has 5 nitrogen and oxygen atoms in total. The van der Waals surface area contributed by atoms with Gasteiger partial charge in [0.05, 0.1) is 10.8 Å². The van der Waals surface area contributed by atoms with Gasteiger partial charge >= 0.3 is 5.97 Å². The zero-order chi connectivity index (χ0) is 15.5. The van der Waals surface area contributed by atoms with Crippen molar-refractivity contribution in [3.05, 3.63) is 0 Å². The van der Waals surface area contributed by atoms with Crippen LogP contribution in [0.25, 0.3) is 0 Å². The smallest absolute Gasteiger partial charge is 0.311 e. The van der Waals surface area contributed by atoms with Crippen molar-refractivity contribution in [1.29, 1.82) is 0 Å². The summed E-state index contributed by atoms with van der Waals surface area (Å²) in [5.74, 6) is -0.590. The van der Waals surface area contributed by atoms with Gasteiger partial charge in [-0.05, 0) is 52.1 Å². The third-order valence-corrected chi connectivity index (χ3v) is 5.24. The fraction of sp³-hybridized carbons (Fsp3) is 0.875. The van der Waals surface area contributed by atoms with E-state index in [1.54, 1.807) is 6.92 Å². The van der Waals surface area contributed by atoms with Crippen molar-refractivity contribution in [3.63, 3.8) is 0 Å². The molecule has 1 unspecified atom stereocenters. The summed E-state index contributed by atoms with van der Waals surface area (Å²) in [7, 11) is 0. The van der Waals surface area contributed by atoms with Crippen LogP contribution >= 0.6 is 0 Å². The van der Waals surface area contributed by atoms with E-state index < -0.39 is 11.4 Å². The first-order valence-electron chi connectivity index (χ1n) is 8.17. The fourth-order valence-corrected chi connectivity index (χ4v) is 3.88. The van der Waals surface area contributed by atoms with Crippen LogP contribution in [0.15, 0.2) is 0 Å².